The number of likely N-dealkylation sites (tertiary alicyclic amines) is 1. The van der Waals surface area contributed by atoms with Crippen LogP contribution in [-0.2, 0) is 11.3 Å². The van der Waals surface area contributed by atoms with Gasteiger partial charge in [-0.3, -0.25) is 9.36 Å². The van der Waals surface area contributed by atoms with E-state index < -0.39 is 17.8 Å². The summed E-state index contributed by atoms with van der Waals surface area (Å²) in [5.41, 5.74) is 0.330. The van der Waals surface area contributed by atoms with Gasteiger partial charge in [0, 0.05) is 38.3 Å². The second-order valence-electron chi connectivity index (χ2n) is 9.11. The second kappa shape index (κ2) is 10.3. The van der Waals surface area contributed by atoms with Crippen LogP contribution in [0.3, 0.4) is 0 Å². The number of aryl methyl sites for hydroxylation is 1. The van der Waals surface area contributed by atoms with Crippen LogP contribution >= 0.6 is 0 Å². The Morgan fingerprint density at radius 1 is 1.31 bits per heavy atom. The number of amides is 1. The molecule has 32 heavy (non-hydrogen) atoms. The Labute approximate surface area is 187 Å². The number of methoxy groups -OCH3 is 1. The molecule has 10 nitrogen and oxygen atoms in total. The monoisotopic (exact) mass is 447 g/mol. The normalized spacial score (nSPS) is 16.7. The lowest BCUT2D eigenvalue weighted by Gasteiger charge is -2.33. The van der Waals surface area contributed by atoms with Crippen LogP contribution in [0.2, 0.25) is 0 Å². The number of carbonyl (C=O) groups is 1. The number of aliphatic hydroxyl groups excluding tert-OH is 1. The average Bonchev–Trinajstić information content (AvgIpc) is 2.72. The van der Waals surface area contributed by atoms with Crippen molar-refractivity contribution in [2.45, 2.75) is 64.3 Å². The zero-order chi connectivity index (χ0) is 23.3. The summed E-state index contributed by atoms with van der Waals surface area (Å²) in [4.78, 5) is 35.1. The molecular formula is C22H33N5O5. The van der Waals surface area contributed by atoms with Crippen LogP contribution in [0.5, 0.6) is 5.88 Å². The molecule has 0 radical (unpaired) electrons. The third-order valence-electron chi connectivity index (χ3n) is 5.34. The van der Waals surface area contributed by atoms with Gasteiger partial charge < -0.3 is 24.8 Å². The summed E-state index contributed by atoms with van der Waals surface area (Å²) in [6, 6.07) is 3.16. The van der Waals surface area contributed by atoms with Gasteiger partial charge in [-0.1, -0.05) is 0 Å². The summed E-state index contributed by atoms with van der Waals surface area (Å²) in [5.74, 6) is 0.334. The molecule has 1 aliphatic heterocycles. The van der Waals surface area contributed by atoms with Crippen molar-refractivity contribution >= 4 is 17.3 Å². The van der Waals surface area contributed by atoms with E-state index >= 15 is 0 Å². The van der Waals surface area contributed by atoms with Gasteiger partial charge >= 0.3 is 6.09 Å². The molecule has 176 valence electrons. The Morgan fingerprint density at radius 3 is 2.69 bits per heavy atom. The van der Waals surface area contributed by atoms with Crippen molar-refractivity contribution < 1.29 is 19.4 Å². The van der Waals surface area contributed by atoms with Crippen molar-refractivity contribution in [1.82, 2.24) is 24.8 Å². The van der Waals surface area contributed by atoms with Crippen molar-refractivity contribution in [2.24, 2.45) is 0 Å². The Balaban J connectivity index is 1.49. The summed E-state index contributed by atoms with van der Waals surface area (Å²) in [7, 11) is 1.50. The van der Waals surface area contributed by atoms with E-state index in [9.17, 15) is 14.7 Å². The van der Waals surface area contributed by atoms with Crippen LogP contribution in [0, 0.1) is 0 Å². The summed E-state index contributed by atoms with van der Waals surface area (Å²) in [6.45, 7) is 7.90. The van der Waals surface area contributed by atoms with E-state index in [2.05, 4.69) is 20.2 Å². The lowest BCUT2D eigenvalue weighted by Crippen LogP contribution is -2.47. The number of nitrogens with zero attached hydrogens (tertiary/aromatic N) is 4. The Bertz CT molecular complexity index is 979. The number of carbonyl (C=O) groups excluding carboxylic acids is 1. The molecule has 3 rings (SSSR count). The van der Waals surface area contributed by atoms with Crippen LogP contribution in [-0.4, -0.2) is 75.1 Å². The van der Waals surface area contributed by atoms with Gasteiger partial charge in [-0.2, -0.15) is 4.98 Å². The number of piperidine rings is 1. The lowest BCUT2D eigenvalue weighted by atomic mass is 10.0. The van der Waals surface area contributed by atoms with Crippen LogP contribution in [0.25, 0.3) is 11.2 Å². The molecule has 2 aromatic rings. The fraction of sp³-hybridized carbons (Fsp3) is 0.636. The third kappa shape index (κ3) is 6.64. The molecule has 0 bridgehead atoms. The lowest BCUT2D eigenvalue weighted by molar-refractivity contribution is 0.0454. The molecule has 0 aliphatic carbocycles. The zero-order valence-corrected chi connectivity index (χ0v) is 19.2. The number of alkyl carbamates (subject to hydrolysis) is 1. The smallest absolute Gasteiger partial charge is 0.407 e. The number of rotatable bonds is 7. The molecule has 1 amide bonds. The van der Waals surface area contributed by atoms with Crippen LogP contribution < -0.4 is 15.6 Å². The Morgan fingerprint density at radius 2 is 2.03 bits per heavy atom. The molecule has 0 aromatic carbocycles. The maximum atomic E-state index is 12.4. The SMILES string of the molecule is COc1cnc2ccc(=O)n(CC[C@H](O)CN3CCC(NC(=O)OC(C)(C)C)CC3)c2n1. The molecule has 10 heteroatoms. The minimum Gasteiger partial charge on any atom is -0.480 e. The van der Waals surface area contributed by atoms with Crippen LogP contribution in [0.1, 0.15) is 40.0 Å². The quantitative estimate of drug-likeness (QED) is 0.656. The van der Waals surface area contributed by atoms with E-state index in [1.54, 1.807) is 6.07 Å². The van der Waals surface area contributed by atoms with Gasteiger partial charge in [0.05, 0.1) is 19.4 Å². The van der Waals surface area contributed by atoms with Gasteiger partial charge in [0.1, 0.15) is 11.1 Å². The fourth-order valence-corrected chi connectivity index (χ4v) is 3.75. The molecule has 1 atom stereocenters. The summed E-state index contributed by atoms with van der Waals surface area (Å²) in [6.07, 6.45) is 2.53. The highest BCUT2D eigenvalue weighted by atomic mass is 16.6. The average molecular weight is 448 g/mol. The highest BCUT2D eigenvalue weighted by molar-refractivity contribution is 5.70. The predicted octanol–water partition coefficient (Wildman–Crippen LogP) is 1.54. The van der Waals surface area contributed by atoms with Gasteiger partial charge in [-0.05, 0) is 46.1 Å². The second-order valence-corrected chi connectivity index (χ2v) is 9.11. The predicted molar refractivity (Wildman–Crippen MR) is 120 cm³/mol. The standard InChI is InChI=1S/C22H33N5O5/c1-22(2,3)32-21(30)24-15-7-10-26(11-8-15)14-16(28)9-12-27-19(29)6-5-17-20(27)25-18(31-4)13-23-17/h5-6,13,15-16,28H,7-12,14H2,1-4H3,(H,24,30)/t16-/m0/s1. The molecule has 2 N–H and O–H groups in total. The molecule has 1 saturated heterocycles. The van der Waals surface area contributed by atoms with E-state index in [4.69, 9.17) is 9.47 Å². The number of hydrogen-bond acceptors (Lipinski definition) is 8. The molecule has 1 fully saturated rings. The summed E-state index contributed by atoms with van der Waals surface area (Å²) >= 11 is 0. The van der Waals surface area contributed by atoms with E-state index in [0.717, 1.165) is 25.9 Å². The van der Waals surface area contributed by atoms with Gasteiger partial charge in [-0.15, -0.1) is 0 Å². The van der Waals surface area contributed by atoms with Crippen LogP contribution in [0.15, 0.2) is 23.1 Å². The topological polar surface area (TPSA) is 119 Å². The largest absolute Gasteiger partial charge is 0.480 e. The number of aromatic nitrogens is 3. The molecule has 0 unspecified atom stereocenters. The minimum absolute atomic E-state index is 0.0704. The van der Waals surface area contributed by atoms with E-state index in [1.807, 2.05) is 20.8 Å². The number of nitrogens with one attached hydrogen (secondary N) is 1. The maximum absolute atomic E-state index is 12.4. The Hall–Kier alpha value is -2.72. The van der Waals surface area contributed by atoms with E-state index in [0.29, 0.717) is 36.6 Å². The first-order valence-corrected chi connectivity index (χ1v) is 10.9. The first kappa shape index (κ1) is 23.9. The van der Waals surface area contributed by atoms with Crippen LogP contribution in [0.4, 0.5) is 4.79 Å². The number of hydrogen-bond donors (Lipinski definition) is 2. The molecular weight excluding hydrogens is 414 g/mol. The van der Waals surface area contributed by atoms with Crippen molar-refractivity contribution in [2.75, 3.05) is 26.7 Å². The molecule has 3 heterocycles. The van der Waals surface area contributed by atoms with Gasteiger partial charge in [0.25, 0.3) is 5.56 Å². The van der Waals surface area contributed by atoms with Crippen molar-refractivity contribution in [3.05, 3.63) is 28.7 Å². The number of ether oxygens (including phenoxy) is 2. The fourth-order valence-electron chi connectivity index (χ4n) is 3.75. The summed E-state index contributed by atoms with van der Waals surface area (Å²) < 4.78 is 12.0. The van der Waals surface area contributed by atoms with Gasteiger partial charge in [0.2, 0.25) is 5.88 Å². The highest BCUT2D eigenvalue weighted by Crippen LogP contribution is 2.15. The third-order valence-corrected chi connectivity index (χ3v) is 5.34. The molecule has 0 saturated carbocycles. The maximum Gasteiger partial charge on any atom is 0.407 e. The van der Waals surface area contributed by atoms with Gasteiger partial charge in [-0.25, -0.2) is 9.78 Å². The molecule has 1 aliphatic rings. The first-order chi connectivity index (χ1) is 15.1. The van der Waals surface area contributed by atoms with E-state index in [1.165, 1.54) is 23.9 Å². The van der Waals surface area contributed by atoms with Gasteiger partial charge in [0.15, 0.2) is 5.65 Å². The Kier molecular flexibility index (Phi) is 7.68. The van der Waals surface area contributed by atoms with Crippen molar-refractivity contribution in [3.63, 3.8) is 0 Å². The van der Waals surface area contributed by atoms with Crippen molar-refractivity contribution in [1.29, 1.82) is 0 Å². The number of fused-ring (bicyclic) bond motifs is 1. The number of β-amino-alcohol motifs (C(OH)–C–C–N with tert-alkyl or cyclic N) is 1. The van der Waals surface area contributed by atoms with E-state index in [-0.39, 0.29) is 11.6 Å². The highest BCUT2D eigenvalue weighted by Gasteiger charge is 2.24. The van der Waals surface area contributed by atoms with Crippen molar-refractivity contribution in [3.8, 4) is 5.88 Å². The first-order valence-electron chi connectivity index (χ1n) is 10.9. The minimum atomic E-state index is -0.592. The summed E-state index contributed by atoms with van der Waals surface area (Å²) in [5, 5.41) is 13.5. The number of aliphatic hydroxyl groups is 1. The molecule has 2 aromatic heterocycles. The number of pyridine rings is 1. The molecule has 0 spiro atoms. The zero-order valence-electron chi connectivity index (χ0n) is 19.2.